The lowest BCUT2D eigenvalue weighted by Crippen LogP contribution is -2.24. The molecule has 0 spiro atoms. The highest BCUT2D eigenvalue weighted by Gasteiger charge is 2.10. The van der Waals surface area contributed by atoms with Crippen LogP contribution in [0.2, 0.25) is 0 Å². The first-order valence-corrected chi connectivity index (χ1v) is 6.28. The summed E-state index contributed by atoms with van der Waals surface area (Å²) in [4.78, 5) is 21.8. The SMILES string of the molecule is O=C(NCCCCCCO)c1cccc([N+](=O)[O-])c1. The van der Waals surface area contributed by atoms with Crippen LogP contribution in [0.4, 0.5) is 5.69 Å². The Labute approximate surface area is 111 Å². The van der Waals surface area contributed by atoms with E-state index in [1.54, 1.807) is 6.07 Å². The normalized spacial score (nSPS) is 10.2. The van der Waals surface area contributed by atoms with Gasteiger partial charge in [-0.2, -0.15) is 0 Å². The zero-order valence-corrected chi connectivity index (χ0v) is 10.7. The molecule has 0 atom stereocenters. The van der Waals surface area contributed by atoms with Crippen molar-refractivity contribution < 1.29 is 14.8 Å². The van der Waals surface area contributed by atoms with E-state index in [0.717, 1.165) is 25.7 Å². The summed E-state index contributed by atoms with van der Waals surface area (Å²) in [5.41, 5.74) is 0.208. The second-order valence-electron chi connectivity index (χ2n) is 4.20. The van der Waals surface area contributed by atoms with Gasteiger partial charge in [-0.3, -0.25) is 14.9 Å². The number of nitro groups is 1. The molecule has 104 valence electrons. The monoisotopic (exact) mass is 266 g/mol. The third-order valence-electron chi connectivity index (χ3n) is 2.69. The minimum absolute atomic E-state index is 0.0874. The number of nitrogens with zero attached hydrogens (tertiary/aromatic N) is 1. The Bertz CT molecular complexity index is 434. The quantitative estimate of drug-likeness (QED) is 0.427. The van der Waals surface area contributed by atoms with Gasteiger partial charge in [-0.25, -0.2) is 0 Å². The number of hydrogen-bond acceptors (Lipinski definition) is 4. The average Bonchev–Trinajstić information content (AvgIpc) is 2.42. The number of aliphatic hydroxyl groups is 1. The van der Waals surface area contributed by atoms with Crippen molar-refractivity contribution in [2.24, 2.45) is 0 Å². The summed E-state index contributed by atoms with van der Waals surface area (Å²) >= 11 is 0. The third kappa shape index (κ3) is 5.48. The first-order valence-electron chi connectivity index (χ1n) is 6.28. The van der Waals surface area contributed by atoms with E-state index in [9.17, 15) is 14.9 Å². The third-order valence-corrected chi connectivity index (χ3v) is 2.69. The lowest BCUT2D eigenvalue weighted by Gasteiger charge is -2.05. The van der Waals surface area contributed by atoms with Crippen LogP contribution in [-0.2, 0) is 0 Å². The van der Waals surface area contributed by atoms with Gasteiger partial charge >= 0.3 is 0 Å². The topological polar surface area (TPSA) is 92.5 Å². The number of nitro benzene ring substituents is 1. The molecule has 0 radical (unpaired) electrons. The molecule has 1 amide bonds. The number of carbonyl (C=O) groups excluding carboxylic acids is 1. The Morgan fingerprint density at radius 1 is 1.26 bits per heavy atom. The highest BCUT2D eigenvalue weighted by molar-refractivity contribution is 5.94. The van der Waals surface area contributed by atoms with Gasteiger partial charge in [-0.05, 0) is 18.9 Å². The Morgan fingerprint density at radius 2 is 2.00 bits per heavy atom. The lowest BCUT2D eigenvalue weighted by molar-refractivity contribution is -0.384. The summed E-state index contributed by atoms with van der Waals surface area (Å²) in [6.07, 6.45) is 3.48. The van der Waals surface area contributed by atoms with E-state index in [-0.39, 0.29) is 18.2 Å². The summed E-state index contributed by atoms with van der Waals surface area (Å²) in [5, 5.41) is 21.9. The first kappa shape index (κ1) is 15.1. The standard InChI is InChI=1S/C13H18N2O4/c16-9-4-2-1-3-8-14-13(17)11-6-5-7-12(10-11)15(18)19/h5-7,10,16H,1-4,8-9H2,(H,14,17). The number of nitrogens with one attached hydrogen (secondary N) is 1. The number of hydrogen-bond donors (Lipinski definition) is 2. The van der Waals surface area contributed by atoms with Gasteiger partial charge in [0.25, 0.3) is 11.6 Å². The predicted molar refractivity (Wildman–Crippen MR) is 71.0 cm³/mol. The second kappa shape index (κ2) is 8.20. The molecule has 0 aromatic heterocycles. The average molecular weight is 266 g/mol. The number of carbonyl (C=O) groups is 1. The van der Waals surface area contributed by atoms with E-state index < -0.39 is 4.92 Å². The largest absolute Gasteiger partial charge is 0.396 e. The van der Waals surface area contributed by atoms with Gasteiger partial charge in [0, 0.05) is 30.8 Å². The summed E-state index contributed by atoms with van der Waals surface area (Å²) in [6, 6.07) is 5.66. The molecule has 6 heteroatoms. The van der Waals surface area contributed by atoms with E-state index in [4.69, 9.17) is 5.11 Å². The van der Waals surface area contributed by atoms with Crippen molar-refractivity contribution in [3.8, 4) is 0 Å². The molecule has 2 N–H and O–H groups in total. The van der Waals surface area contributed by atoms with Crippen molar-refractivity contribution in [3.63, 3.8) is 0 Å². The first-order chi connectivity index (χ1) is 9.15. The smallest absolute Gasteiger partial charge is 0.270 e. The van der Waals surface area contributed by atoms with E-state index in [1.165, 1.54) is 18.2 Å². The van der Waals surface area contributed by atoms with Crippen LogP contribution < -0.4 is 5.32 Å². The number of amides is 1. The maximum atomic E-state index is 11.7. The van der Waals surface area contributed by atoms with E-state index in [2.05, 4.69) is 5.32 Å². The van der Waals surface area contributed by atoms with Gasteiger partial charge in [0.15, 0.2) is 0 Å². The van der Waals surface area contributed by atoms with Gasteiger partial charge in [-0.15, -0.1) is 0 Å². The number of aliphatic hydroxyl groups excluding tert-OH is 1. The molecule has 0 fully saturated rings. The highest BCUT2D eigenvalue weighted by atomic mass is 16.6. The summed E-state index contributed by atoms with van der Waals surface area (Å²) in [7, 11) is 0. The van der Waals surface area contributed by atoms with Crippen molar-refractivity contribution in [2.45, 2.75) is 25.7 Å². The number of unbranched alkanes of at least 4 members (excludes halogenated alkanes) is 3. The Hall–Kier alpha value is -1.95. The second-order valence-corrected chi connectivity index (χ2v) is 4.20. The van der Waals surface area contributed by atoms with Gasteiger partial charge in [-0.1, -0.05) is 18.9 Å². The van der Waals surface area contributed by atoms with Gasteiger partial charge < -0.3 is 10.4 Å². The predicted octanol–water partition coefficient (Wildman–Crippen LogP) is 1.88. The zero-order chi connectivity index (χ0) is 14.1. The van der Waals surface area contributed by atoms with E-state index in [0.29, 0.717) is 12.1 Å². The molecule has 6 nitrogen and oxygen atoms in total. The van der Waals surface area contributed by atoms with Crippen LogP contribution in [0.3, 0.4) is 0 Å². The van der Waals surface area contributed by atoms with Crippen molar-refractivity contribution in [3.05, 3.63) is 39.9 Å². The molecule has 1 aromatic rings. The van der Waals surface area contributed by atoms with Crippen molar-refractivity contribution >= 4 is 11.6 Å². The van der Waals surface area contributed by atoms with Crippen molar-refractivity contribution in [1.82, 2.24) is 5.32 Å². The molecule has 0 unspecified atom stereocenters. The summed E-state index contributed by atoms with van der Waals surface area (Å²) in [5.74, 6) is -0.300. The van der Waals surface area contributed by atoms with Crippen LogP contribution in [0.25, 0.3) is 0 Å². The molecule has 0 bridgehead atoms. The van der Waals surface area contributed by atoms with Crippen LogP contribution in [0.5, 0.6) is 0 Å². The Balaban J connectivity index is 2.37. The zero-order valence-electron chi connectivity index (χ0n) is 10.7. The van der Waals surface area contributed by atoms with E-state index >= 15 is 0 Å². The fourth-order valence-electron chi connectivity index (χ4n) is 1.66. The van der Waals surface area contributed by atoms with Crippen LogP contribution in [-0.4, -0.2) is 29.1 Å². The number of non-ortho nitro benzene ring substituents is 1. The Kier molecular flexibility index (Phi) is 6.52. The van der Waals surface area contributed by atoms with Crippen LogP contribution in [0.15, 0.2) is 24.3 Å². The number of rotatable bonds is 8. The van der Waals surface area contributed by atoms with E-state index in [1.807, 2.05) is 0 Å². The molecule has 19 heavy (non-hydrogen) atoms. The van der Waals surface area contributed by atoms with Gasteiger partial charge in [0.1, 0.15) is 0 Å². The molecule has 0 saturated carbocycles. The van der Waals surface area contributed by atoms with Crippen molar-refractivity contribution in [1.29, 1.82) is 0 Å². The highest BCUT2D eigenvalue weighted by Crippen LogP contribution is 2.12. The fraction of sp³-hybridized carbons (Fsp3) is 0.462. The molecule has 0 saturated heterocycles. The minimum atomic E-state index is -0.522. The fourth-order valence-corrected chi connectivity index (χ4v) is 1.66. The Morgan fingerprint density at radius 3 is 2.68 bits per heavy atom. The van der Waals surface area contributed by atoms with Crippen LogP contribution in [0, 0.1) is 10.1 Å². The molecule has 0 aliphatic carbocycles. The van der Waals surface area contributed by atoms with Crippen LogP contribution >= 0.6 is 0 Å². The maximum Gasteiger partial charge on any atom is 0.270 e. The molecule has 1 rings (SSSR count). The molecule has 0 heterocycles. The molecule has 1 aromatic carbocycles. The van der Waals surface area contributed by atoms with Gasteiger partial charge in [0.05, 0.1) is 4.92 Å². The van der Waals surface area contributed by atoms with Crippen LogP contribution in [0.1, 0.15) is 36.0 Å². The molecule has 0 aliphatic heterocycles. The number of benzene rings is 1. The molecular formula is C13H18N2O4. The minimum Gasteiger partial charge on any atom is -0.396 e. The van der Waals surface area contributed by atoms with Gasteiger partial charge in [0.2, 0.25) is 0 Å². The summed E-state index contributed by atoms with van der Waals surface area (Å²) in [6.45, 7) is 0.729. The lowest BCUT2D eigenvalue weighted by atomic mass is 10.1. The molecular weight excluding hydrogens is 248 g/mol. The molecule has 0 aliphatic rings. The summed E-state index contributed by atoms with van der Waals surface area (Å²) < 4.78 is 0. The van der Waals surface area contributed by atoms with Crippen molar-refractivity contribution in [2.75, 3.05) is 13.2 Å². The maximum absolute atomic E-state index is 11.7.